The number of thiazole rings is 1. The summed E-state index contributed by atoms with van der Waals surface area (Å²) < 4.78 is 6.05. The van der Waals surface area contributed by atoms with E-state index in [-0.39, 0.29) is 11.8 Å². The number of hydrogen-bond donors (Lipinski definition) is 1. The highest BCUT2D eigenvalue weighted by molar-refractivity contribution is 7.18. The summed E-state index contributed by atoms with van der Waals surface area (Å²) in [4.78, 5) is 31.2. The molecule has 1 N–H and O–H groups in total. The molecule has 2 aromatic carbocycles. The molecule has 6 nitrogen and oxygen atoms in total. The Morgan fingerprint density at radius 2 is 2.00 bits per heavy atom. The van der Waals surface area contributed by atoms with Gasteiger partial charge in [-0.05, 0) is 56.2 Å². The highest BCUT2D eigenvalue weighted by atomic mass is 32.1. The van der Waals surface area contributed by atoms with E-state index in [0.717, 1.165) is 29.9 Å². The quantitative estimate of drug-likeness (QED) is 0.666. The van der Waals surface area contributed by atoms with Gasteiger partial charge in [0.05, 0.1) is 21.8 Å². The third kappa shape index (κ3) is 4.40. The Hall–Kier alpha value is -2.93. The summed E-state index contributed by atoms with van der Waals surface area (Å²) in [6, 6.07) is 15.1. The van der Waals surface area contributed by atoms with Crippen molar-refractivity contribution in [3.8, 4) is 0 Å². The Morgan fingerprint density at radius 1 is 1.21 bits per heavy atom. The van der Waals surface area contributed by atoms with Gasteiger partial charge < -0.3 is 9.64 Å². The summed E-state index contributed by atoms with van der Waals surface area (Å²) in [6.45, 7) is 3.50. The number of hydrogen-bond acceptors (Lipinski definition) is 5. The zero-order valence-electron chi connectivity index (χ0n) is 16.3. The van der Waals surface area contributed by atoms with Gasteiger partial charge in [0.2, 0.25) is 0 Å². The monoisotopic (exact) mass is 409 g/mol. The molecule has 4 rings (SSSR count). The number of piperidine rings is 1. The van der Waals surface area contributed by atoms with E-state index in [0.29, 0.717) is 24.4 Å². The van der Waals surface area contributed by atoms with Crippen molar-refractivity contribution in [1.82, 2.24) is 9.88 Å². The van der Waals surface area contributed by atoms with E-state index < -0.39 is 6.09 Å². The van der Waals surface area contributed by atoms with Crippen molar-refractivity contribution in [1.29, 1.82) is 0 Å². The van der Waals surface area contributed by atoms with Crippen LogP contribution in [0.3, 0.4) is 0 Å². The Morgan fingerprint density at radius 3 is 2.76 bits per heavy atom. The Balaban J connectivity index is 1.43. The number of para-hydroxylation sites is 1. The molecule has 7 heteroatoms. The van der Waals surface area contributed by atoms with Gasteiger partial charge in [-0.15, -0.1) is 11.3 Å². The fourth-order valence-corrected chi connectivity index (χ4v) is 4.68. The number of likely N-dealkylation sites (tertiary alicyclic amines) is 1. The highest BCUT2D eigenvalue weighted by Crippen LogP contribution is 2.33. The molecular formula is C22H23N3O3S. The van der Waals surface area contributed by atoms with Crippen LogP contribution in [0.2, 0.25) is 0 Å². The predicted octanol–water partition coefficient (Wildman–Crippen LogP) is 4.88. The molecule has 1 atom stereocenters. The first-order chi connectivity index (χ1) is 14.1. The number of nitrogens with zero attached hydrogens (tertiary/aromatic N) is 2. The molecule has 3 aromatic rings. The van der Waals surface area contributed by atoms with Crippen LogP contribution in [0.1, 0.15) is 41.0 Å². The van der Waals surface area contributed by atoms with Crippen molar-refractivity contribution in [3.63, 3.8) is 0 Å². The first-order valence-electron chi connectivity index (χ1n) is 9.82. The van der Waals surface area contributed by atoms with Gasteiger partial charge in [-0.2, -0.15) is 0 Å². The standard InChI is InChI=1S/C22H23N3O3S/c1-2-28-22(27)23-17-11-9-15(10-12-17)21(26)25-13-5-6-16(14-25)20-24-18-7-3-4-8-19(18)29-20/h3-4,7-12,16H,2,5-6,13-14H2,1H3,(H,23,27)/t16-/m0/s1. The lowest BCUT2D eigenvalue weighted by Gasteiger charge is -2.32. The van der Waals surface area contributed by atoms with Crippen molar-refractivity contribution in [2.75, 3.05) is 25.0 Å². The van der Waals surface area contributed by atoms with E-state index in [1.807, 2.05) is 23.1 Å². The molecule has 2 heterocycles. The molecule has 1 aliphatic rings. The van der Waals surface area contributed by atoms with Gasteiger partial charge in [0.25, 0.3) is 5.91 Å². The number of carbonyl (C=O) groups excluding carboxylic acids is 2. The zero-order valence-corrected chi connectivity index (χ0v) is 17.1. The number of amides is 2. The maximum atomic E-state index is 13.0. The number of carbonyl (C=O) groups is 2. The summed E-state index contributed by atoms with van der Waals surface area (Å²) >= 11 is 1.72. The summed E-state index contributed by atoms with van der Waals surface area (Å²) in [5.74, 6) is 0.286. The predicted molar refractivity (Wildman–Crippen MR) is 115 cm³/mol. The van der Waals surface area contributed by atoms with Crippen molar-refractivity contribution in [3.05, 3.63) is 59.1 Å². The minimum Gasteiger partial charge on any atom is -0.450 e. The van der Waals surface area contributed by atoms with E-state index >= 15 is 0 Å². The van der Waals surface area contributed by atoms with Gasteiger partial charge >= 0.3 is 6.09 Å². The summed E-state index contributed by atoms with van der Waals surface area (Å²) in [5.41, 5.74) is 2.25. The van der Waals surface area contributed by atoms with Gasteiger partial charge in [0, 0.05) is 30.3 Å². The number of ether oxygens (including phenoxy) is 1. The lowest BCUT2D eigenvalue weighted by Crippen LogP contribution is -2.39. The van der Waals surface area contributed by atoms with Gasteiger partial charge in [0.1, 0.15) is 0 Å². The Labute approximate surface area is 173 Å². The van der Waals surface area contributed by atoms with Gasteiger partial charge in [-0.25, -0.2) is 9.78 Å². The second-order valence-corrected chi connectivity index (χ2v) is 8.10. The maximum absolute atomic E-state index is 13.0. The number of aromatic nitrogens is 1. The molecule has 150 valence electrons. The average molecular weight is 410 g/mol. The molecule has 1 aliphatic heterocycles. The van der Waals surface area contributed by atoms with E-state index in [4.69, 9.17) is 9.72 Å². The maximum Gasteiger partial charge on any atom is 0.411 e. The van der Waals surface area contributed by atoms with Crippen LogP contribution >= 0.6 is 11.3 Å². The molecule has 0 radical (unpaired) electrons. The van der Waals surface area contributed by atoms with Crippen molar-refractivity contribution < 1.29 is 14.3 Å². The molecule has 1 fully saturated rings. The van der Waals surface area contributed by atoms with Gasteiger partial charge in [0.15, 0.2) is 0 Å². The molecular weight excluding hydrogens is 386 g/mol. The minimum atomic E-state index is -0.499. The van der Waals surface area contributed by atoms with Gasteiger partial charge in [-0.3, -0.25) is 10.1 Å². The molecule has 1 aromatic heterocycles. The molecule has 0 unspecified atom stereocenters. The number of fused-ring (bicyclic) bond motifs is 1. The highest BCUT2D eigenvalue weighted by Gasteiger charge is 2.27. The Kier molecular flexibility index (Phi) is 5.76. The van der Waals surface area contributed by atoms with Crippen molar-refractivity contribution in [2.24, 2.45) is 0 Å². The number of nitrogens with one attached hydrogen (secondary N) is 1. The van der Waals surface area contributed by atoms with E-state index in [2.05, 4.69) is 11.4 Å². The van der Waals surface area contributed by atoms with E-state index in [1.165, 1.54) is 4.70 Å². The number of rotatable bonds is 4. The Bertz CT molecular complexity index is 983. The summed E-state index contributed by atoms with van der Waals surface area (Å²) in [5, 5.41) is 3.75. The van der Waals surface area contributed by atoms with Crippen LogP contribution in [0.15, 0.2) is 48.5 Å². The first kappa shape index (κ1) is 19.4. The van der Waals surface area contributed by atoms with Crippen LogP contribution in [-0.4, -0.2) is 41.6 Å². The summed E-state index contributed by atoms with van der Waals surface area (Å²) in [7, 11) is 0. The molecule has 0 aliphatic carbocycles. The van der Waals surface area contributed by atoms with Gasteiger partial charge in [-0.1, -0.05) is 12.1 Å². The largest absolute Gasteiger partial charge is 0.450 e. The van der Waals surface area contributed by atoms with Crippen LogP contribution in [0.4, 0.5) is 10.5 Å². The molecule has 2 amide bonds. The minimum absolute atomic E-state index is 0.0125. The SMILES string of the molecule is CCOC(=O)Nc1ccc(C(=O)N2CCC[C@H](c3nc4ccccc4s3)C2)cc1. The van der Waals surface area contributed by atoms with E-state index in [1.54, 1.807) is 42.5 Å². The third-order valence-corrected chi connectivity index (χ3v) is 6.22. The molecule has 1 saturated heterocycles. The molecule has 29 heavy (non-hydrogen) atoms. The molecule has 0 bridgehead atoms. The number of anilines is 1. The normalized spacial score (nSPS) is 16.6. The van der Waals surface area contributed by atoms with Crippen molar-refractivity contribution in [2.45, 2.75) is 25.7 Å². The van der Waals surface area contributed by atoms with Crippen LogP contribution in [0.25, 0.3) is 10.2 Å². The molecule has 0 saturated carbocycles. The fraction of sp³-hybridized carbons (Fsp3) is 0.318. The third-order valence-electron chi connectivity index (χ3n) is 5.02. The fourth-order valence-electron chi connectivity index (χ4n) is 3.59. The lowest BCUT2D eigenvalue weighted by atomic mass is 9.98. The molecule has 0 spiro atoms. The summed E-state index contributed by atoms with van der Waals surface area (Å²) in [6.07, 6.45) is 1.52. The smallest absolute Gasteiger partial charge is 0.411 e. The van der Waals surface area contributed by atoms with Crippen LogP contribution < -0.4 is 5.32 Å². The second-order valence-electron chi connectivity index (χ2n) is 7.03. The second kappa shape index (κ2) is 8.61. The first-order valence-corrected chi connectivity index (χ1v) is 10.6. The topological polar surface area (TPSA) is 71.5 Å². The van der Waals surface area contributed by atoms with Crippen LogP contribution in [0, 0.1) is 0 Å². The lowest BCUT2D eigenvalue weighted by molar-refractivity contribution is 0.0707. The van der Waals surface area contributed by atoms with Crippen molar-refractivity contribution >= 4 is 39.2 Å². The number of benzene rings is 2. The van der Waals surface area contributed by atoms with E-state index in [9.17, 15) is 9.59 Å². The average Bonchev–Trinajstić information content (AvgIpc) is 3.18. The zero-order chi connectivity index (χ0) is 20.2. The van der Waals surface area contributed by atoms with Crippen LogP contribution in [-0.2, 0) is 4.74 Å². The van der Waals surface area contributed by atoms with Crippen LogP contribution in [0.5, 0.6) is 0 Å².